The van der Waals surface area contributed by atoms with Crippen LogP contribution in [-0.4, -0.2) is 13.1 Å². The fourth-order valence-electron chi connectivity index (χ4n) is 2.35. The summed E-state index contributed by atoms with van der Waals surface area (Å²) in [5.74, 6) is 0.450. The Balaban J connectivity index is 2.07. The van der Waals surface area contributed by atoms with E-state index in [0.717, 1.165) is 25.1 Å². The third kappa shape index (κ3) is 2.74. The summed E-state index contributed by atoms with van der Waals surface area (Å²) in [7, 11) is 0. The number of benzene rings is 1. The molecule has 1 saturated heterocycles. The maximum absolute atomic E-state index is 14.5. The van der Waals surface area contributed by atoms with Crippen molar-refractivity contribution in [2.45, 2.75) is 25.4 Å². The van der Waals surface area contributed by atoms with E-state index in [0.29, 0.717) is 17.4 Å². The Bertz CT molecular complexity index is 341. The molecule has 0 radical (unpaired) electrons. The first-order valence-corrected chi connectivity index (χ1v) is 6.11. The highest BCUT2D eigenvalue weighted by atomic mass is 35.5. The Labute approximate surface area is 101 Å². The highest BCUT2D eigenvalue weighted by Crippen LogP contribution is 2.34. The van der Waals surface area contributed by atoms with E-state index < -0.39 is 5.67 Å². The molecule has 1 N–H and O–H groups in total. The zero-order chi connectivity index (χ0) is 11.6. The molecule has 2 atom stereocenters. The maximum Gasteiger partial charge on any atom is 0.133 e. The number of halogens is 2. The minimum Gasteiger partial charge on any atom is -0.316 e. The summed E-state index contributed by atoms with van der Waals surface area (Å²) < 4.78 is 14.5. The van der Waals surface area contributed by atoms with Crippen LogP contribution in [-0.2, 0) is 5.67 Å². The average molecular weight is 242 g/mol. The molecule has 88 valence electrons. The van der Waals surface area contributed by atoms with Crippen molar-refractivity contribution in [2.75, 3.05) is 13.1 Å². The fourth-order valence-corrected chi connectivity index (χ4v) is 2.47. The van der Waals surface area contributed by atoms with Gasteiger partial charge in [-0.15, -0.1) is 0 Å². The van der Waals surface area contributed by atoms with Crippen LogP contribution in [0.25, 0.3) is 0 Å². The second-order valence-corrected chi connectivity index (χ2v) is 5.20. The molecule has 3 heteroatoms. The Morgan fingerprint density at radius 2 is 2.12 bits per heavy atom. The van der Waals surface area contributed by atoms with Crippen molar-refractivity contribution < 1.29 is 4.39 Å². The topological polar surface area (TPSA) is 12.0 Å². The Morgan fingerprint density at radius 1 is 1.44 bits per heavy atom. The summed E-state index contributed by atoms with van der Waals surface area (Å²) in [6.07, 6.45) is 1.66. The van der Waals surface area contributed by atoms with E-state index in [-0.39, 0.29) is 0 Å². The smallest absolute Gasteiger partial charge is 0.133 e. The SMILES string of the molecule is CC(F)(CC1CCNC1)c1ccc(Cl)cc1. The second-order valence-electron chi connectivity index (χ2n) is 4.77. The maximum atomic E-state index is 14.5. The van der Waals surface area contributed by atoms with Crippen LogP contribution in [0, 0.1) is 5.92 Å². The zero-order valence-electron chi connectivity index (χ0n) is 9.47. The molecule has 1 aromatic rings. The van der Waals surface area contributed by atoms with Crippen molar-refractivity contribution in [2.24, 2.45) is 5.92 Å². The fraction of sp³-hybridized carbons (Fsp3) is 0.538. The van der Waals surface area contributed by atoms with E-state index in [1.54, 1.807) is 31.2 Å². The van der Waals surface area contributed by atoms with Gasteiger partial charge in [0, 0.05) is 5.02 Å². The number of hydrogen-bond acceptors (Lipinski definition) is 1. The summed E-state index contributed by atoms with van der Waals surface area (Å²) in [6, 6.07) is 7.07. The molecular weight excluding hydrogens is 225 g/mol. The van der Waals surface area contributed by atoms with Crippen molar-refractivity contribution in [3.8, 4) is 0 Å². The Hall–Kier alpha value is -0.600. The minimum atomic E-state index is -1.25. The molecule has 0 saturated carbocycles. The molecule has 0 bridgehead atoms. The molecule has 0 amide bonds. The standard InChI is InChI=1S/C13H17ClFN/c1-13(15,8-10-6-7-16-9-10)11-2-4-12(14)5-3-11/h2-5,10,16H,6-9H2,1H3. The van der Waals surface area contributed by atoms with Crippen molar-refractivity contribution in [3.05, 3.63) is 34.9 Å². The van der Waals surface area contributed by atoms with Gasteiger partial charge in [0.25, 0.3) is 0 Å². The van der Waals surface area contributed by atoms with E-state index in [2.05, 4.69) is 5.32 Å². The van der Waals surface area contributed by atoms with Gasteiger partial charge in [-0.25, -0.2) is 4.39 Å². The van der Waals surface area contributed by atoms with E-state index in [1.165, 1.54) is 0 Å². The van der Waals surface area contributed by atoms with Crippen LogP contribution in [0.5, 0.6) is 0 Å². The quantitative estimate of drug-likeness (QED) is 0.854. The van der Waals surface area contributed by atoms with Gasteiger partial charge < -0.3 is 5.32 Å². The number of nitrogens with one attached hydrogen (secondary N) is 1. The molecule has 2 unspecified atom stereocenters. The van der Waals surface area contributed by atoms with Crippen LogP contribution in [0.4, 0.5) is 4.39 Å². The van der Waals surface area contributed by atoms with E-state index in [4.69, 9.17) is 11.6 Å². The number of rotatable bonds is 3. The molecule has 1 heterocycles. The normalized spacial score (nSPS) is 24.3. The van der Waals surface area contributed by atoms with Gasteiger partial charge in [-0.2, -0.15) is 0 Å². The van der Waals surface area contributed by atoms with Gasteiger partial charge in [0.2, 0.25) is 0 Å². The summed E-state index contributed by atoms with van der Waals surface area (Å²) in [6.45, 7) is 3.61. The molecule has 2 rings (SSSR count). The highest BCUT2D eigenvalue weighted by molar-refractivity contribution is 6.30. The van der Waals surface area contributed by atoms with Gasteiger partial charge in [-0.05, 0) is 56.5 Å². The third-order valence-corrected chi connectivity index (χ3v) is 3.53. The molecule has 1 aliphatic heterocycles. The lowest BCUT2D eigenvalue weighted by Crippen LogP contribution is -2.21. The van der Waals surface area contributed by atoms with Crippen LogP contribution in [0.1, 0.15) is 25.3 Å². The molecular formula is C13H17ClFN. The molecule has 0 spiro atoms. The van der Waals surface area contributed by atoms with Gasteiger partial charge in [0.15, 0.2) is 0 Å². The number of hydrogen-bond donors (Lipinski definition) is 1. The van der Waals surface area contributed by atoms with E-state index >= 15 is 0 Å². The second kappa shape index (κ2) is 4.72. The van der Waals surface area contributed by atoms with Crippen LogP contribution in [0.2, 0.25) is 5.02 Å². The molecule has 16 heavy (non-hydrogen) atoms. The number of alkyl halides is 1. The van der Waals surface area contributed by atoms with Gasteiger partial charge >= 0.3 is 0 Å². The van der Waals surface area contributed by atoms with Crippen molar-refractivity contribution in [3.63, 3.8) is 0 Å². The van der Waals surface area contributed by atoms with E-state index in [9.17, 15) is 4.39 Å². The van der Waals surface area contributed by atoms with Gasteiger partial charge in [-0.3, -0.25) is 0 Å². The first kappa shape index (κ1) is 11.9. The van der Waals surface area contributed by atoms with Crippen LogP contribution < -0.4 is 5.32 Å². The summed E-state index contributed by atoms with van der Waals surface area (Å²) in [5, 5.41) is 3.92. The minimum absolute atomic E-state index is 0.450. The summed E-state index contributed by atoms with van der Waals surface area (Å²) >= 11 is 5.80. The van der Waals surface area contributed by atoms with Crippen molar-refractivity contribution >= 4 is 11.6 Å². The summed E-state index contributed by atoms with van der Waals surface area (Å²) in [4.78, 5) is 0. The molecule has 0 aliphatic carbocycles. The molecule has 1 aromatic carbocycles. The van der Waals surface area contributed by atoms with Gasteiger partial charge in [0.1, 0.15) is 5.67 Å². The first-order chi connectivity index (χ1) is 7.58. The van der Waals surface area contributed by atoms with Crippen LogP contribution in [0.3, 0.4) is 0 Å². The van der Waals surface area contributed by atoms with E-state index in [1.807, 2.05) is 0 Å². The lowest BCUT2D eigenvalue weighted by atomic mass is 9.87. The molecule has 0 aromatic heterocycles. The lowest BCUT2D eigenvalue weighted by molar-refractivity contribution is 0.150. The molecule has 1 fully saturated rings. The monoisotopic (exact) mass is 241 g/mol. The van der Waals surface area contributed by atoms with Crippen LogP contribution in [0.15, 0.2) is 24.3 Å². The first-order valence-electron chi connectivity index (χ1n) is 5.73. The third-order valence-electron chi connectivity index (χ3n) is 3.28. The predicted molar refractivity (Wildman–Crippen MR) is 65.5 cm³/mol. The predicted octanol–water partition coefficient (Wildman–Crippen LogP) is 3.52. The van der Waals surface area contributed by atoms with Gasteiger partial charge in [-0.1, -0.05) is 23.7 Å². The summed E-state index contributed by atoms with van der Waals surface area (Å²) in [5.41, 5.74) is -0.523. The van der Waals surface area contributed by atoms with Crippen LogP contribution >= 0.6 is 11.6 Å². The highest BCUT2D eigenvalue weighted by Gasteiger charge is 2.30. The zero-order valence-corrected chi connectivity index (χ0v) is 10.2. The molecule has 1 nitrogen and oxygen atoms in total. The molecule has 1 aliphatic rings. The largest absolute Gasteiger partial charge is 0.316 e. The average Bonchev–Trinajstić information content (AvgIpc) is 2.70. The Kier molecular flexibility index (Phi) is 3.50. The lowest BCUT2D eigenvalue weighted by Gasteiger charge is -2.24. The van der Waals surface area contributed by atoms with Crippen molar-refractivity contribution in [1.29, 1.82) is 0 Å². The van der Waals surface area contributed by atoms with Gasteiger partial charge in [0.05, 0.1) is 0 Å². The van der Waals surface area contributed by atoms with Crippen molar-refractivity contribution in [1.82, 2.24) is 5.32 Å². The Morgan fingerprint density at radius 3 is 2.69 bits per heavy atom.